The molecule has 1 aromatic heterocycles. The number of aryl methyl sites for hydroxylation is 1. The monoisotopic (exact) mass is 271 g/mol. The van der Waals surface area contributed by atoms with Crippen molar-refractivity contribution in [2.24, 2.45) is 5.92 Å². The number of rotatable bonds is 9. The summed E-state index contributed by atoms with van der Waals surface area (Å²) < 4.78 is 0. The van der Waals surface area contributed by atoms with E-state index in [1.807, 2.05) is 6.92 Å². The standard InChI is InChI=1S/C12H21N3O2S/c1-3-4-10(5-6-11(16)17)7-8-13-12-15-14-9(2)18-12/h10H,3-8H2,1-2H3,(H,13,15)(H,16,17). The van der Waals surface area contributed by atoms with Crippen LogP contribution in [-0.4, -0.2) is 27.8 Å². The maximum atomic E-state index is 10.6. The molecule has 1 heterocycles. The molecule has 0 radical (unpaired) electrons. The van der Waals surface area contributed by atoms with Crippen molar-refractivity contribution in [1.82, 2.24) is 10.2 Å². The topological polar surface area (TPSA) is 75.1 Å². The Balaban J connectivity index is 2.26. The lowest BCUT2D eigenvalue weighted by Crippen LogP contribution is -2.11. The van der Waals surface area contributed by atoms with E-state index in [0.29, 0.717) is 5.92 Å². The number of hydrogen-bond donors (Lipinski definition) is 2. The zero-order chi connectivity index (χ0) is 13.4. The summed E-state index contributed by atoms with van der Waals surface area (Å²) in [7, 11) is 0. The van der Waals surface area contributed by atoms with Crippen molar-refractivity contribution in [3.63, 3.8) is 0 Å². The Morgan fingerprint density at radius 1 is 1.39 bits per heavy atom. The van der Waals surface area contributed by atoms with E-state index in [4.69, 9.17) is 5.11 Å². The number of carboxylic acid groups (broad SMARTS) is 1. The number of aliphatic carboxylic acids is 1. The molecule has 18 heavy (non-hydrogen) atoms. The lowest BCUT2D eigenvalue weighted by Gasteiger charge is -2.14. The summed E-state index contributed by atoms with van der Waals surface area (Å²) in [5, 5.41) is 21.7. The van der Waals surface area contributed by atoms with Crippen molar-refractivity contribution in [1.29, 1.82) is 0 Å². The minimum absolute atomic E-state index is 0.266. The quantitative estimate of drug-likeness (QED) is 0.722. The highest BCUT2D eigenvalue weighted by Crippen LogP contribution is 2.19. The van der Waals surface area contributed by atoms with Gasteiger partial charge in [0.2, 0.25) is 5.13 Å². The number of anilines is 1. The summed E-state index contributed by atoms with van der Waals surface area (Å²) in [5.74, 6) is -0.226. The van der Waals surface area contributed by atoms with E-state index < -0.39 is 5.97 Å². The van der Waals surface area contributed by atoms with Gasteiger partial charge in [-0.05, 0) is 25.7 Å². The highest BCUT2D eigenvalue weighted by molar-refractivity contribution is 7.15. The molecule has 2 N–H and O–H groups in total. The molecule has 1 rings (SSSR count). The minimum Gasteiger partial charge on any atom is -0.481 e. The highest BCUT2D eigenvalue weighted by Gasteiger charge is 2.10. The molecule has 1 aromatic rings. The van der Waals surface area contributed by atoms with Crippen molar-refractivity contribution >= 4 is 22.4 Å². The molecule has 0 aromatic carbocycles. The SMILES string of the molecule is CCCC(CCNc1nnc(C)s1)CCC(=O)O. The van der Waals surface area contributed by atoms with E-state index in [0.717, 1.165) is 42.4 Å². The van der Waals surface area contributed by atoms with Gasteiger partial charge in [0.15, 0.2) is 0 Å². The van der Waals surface area contributed by atoms with Crippen molar-refractivity contribution in [2.75, 3.05) is 11.9 Å². The smallest absolute Gasteiger partial charge is 0.303 e. The molecule has 0 aliphatic rings. The molecule has 5 nitrogen and oxygen atoms in total. The first kappa shape index (κ1) is 14.9. The maximum absolute atomic E-state index is 10.6. The number of hydrogen-bond acceptors (Lipinski definition) is 5. The number of carbonyl (C=O) groups is 1. The van der Waals surface area contributed by atoms with Crippen LogP contribution in [0, 0.1) is 12.8 Å². The Hall–Kier alpha value is -1.17. The molecule has 0 amide bonds. The second-order valence-corrected chi connectivity index (χ2v) is 5.61. The maximum Gasteiger partial charge on any atom is 0.303 e. The van der Waals surface area contributed by atoms with E-state index in [1.165, 1.54) is 0 Å². The largest absolute Gasteiger partial charge is 0.481 e. The van der Waals surface area contributed by atoms with Crippen LogP contribution in [0.1, 0.15) is 44.0 Å². The summed E-state index contributed by atoms with van der Waals surface area (Å²) in [6, 6.07) is 0. The fourth-order valence-electron chi connectivity index (χ4n) is 1.92. The van der Waals surface area contributed by atoms with Crippen LogP contribution in [0.25, 0.3) is 0 Å². The van der Waals surface area contributed by atoms with Crippen molar-refractivity contribution in [3.8, 4) is 0 Å². The Morgan fingerprint density at radius 2 is 2.17 bits per heavy atom. The Kier molecular flexibility index (Phi) is 6.64. The lowest BCUT2D eigenvalue weighted by atomic mass is 9.94. The van der Waals surface area contributed by atoms with Crippen molar-refractivity contribution in [3.05, 3.63) is 5.01 Å². The molecule has 0 spiro atoms. The first-order valence-electron chi connectivity index (χ1n) is 6.37. The van der Waals surface area contributed by atoms with Gasteiger partial charge >= 0.3 is 5.97 Å². The van der Waals surface area contributed by atoms with Gasteiger partial charge in [0.1, 0.15) is 5.01 Å². The van der Waals surface area contributed by atoms with Crippen LogP contribution in [0.15, 0.2) is 0 Å². The van der Waals surface area contributed by atoms with Crippen molar-refractivity contribution in [2.45, 2.75) is 46.0 Å². The number of nitrogens with one attached hydrogen (secondary N) is 1. The normalized spacial score (nSPS) is 12.3. The molecule has 1 atom stereocenters. The Labute approximate surface area is 112 Å². The zero-order valence-electron chi connectivity index (χ0n) is 11.0. The molecule has 0 saturated carbocycles. The Morgan fingerprint density at radius 3 is 2.72 bits per heavy atom. The van der Waals surface area contributed by atoms with E-state index in [1.54, 1.807) is 11.3 Å². The molecule has 102 valence electrons. The fourth-order valence-corrected chi connectivity index (χ4v) is 2.54. The van der Waals surface area contributed by atoms with Crippen LogP contribution in [-0.2, 0) is 4.79 Å². The van der Waals surface area contributed by atoms with Gasteiger partial charge in [0.05, 0.1) is 0 Å². The third-order valence-corrected chi connectivity index (χ3v) is 3.61. The second kappa shape index (κ2) is 8.02. The van der Waals surface area contributed by atoms with Crippen LogP contribution in [0.5, 0.6) is 0 Å². The van der Waals surface area contributed by atoms with Gasteiger partial charge in [-0.2, -0.15) is 0 Å². The van der Waals surface area contributed by atoms with Crippen LogP contribution < -0.4 is 5.32 Å². The van der Waals surface area contributed by atoms with Crippen LogP contribution in [0.4, 0.5) is 5.13 Å². The summed E-state index contributed by atoms with van der Waals surface area (Å²) in [6.07, 6.45) is 4.20. The average Bonchev–Trinajstić information content (AvgIpc) is 2.72. The van der Waals surface area contributed by atoms with Gasteiger partial charge < -0.3 is 10.4 Å². The summed E-state index contributed by atoms with van der Waals surface area (Å²) in [6.45, 7) is 4.89. The van der Waals surface area contributed by atoms with E-state index in [2.05, 4.69) is 22.4 Å². The molecule has 6 heteroatoms. The van der Waals surface area contributed by atoms with E-state index in [9.17, 15) is 4.79 Å². The number of aromatic nitrogens is 2. The third kappa shape index (κ3) is 5.95. The van der Waals surface area contributed by atoms with Gasteiger partial charge in [-0.25, -0.2) is 0 Å². The van der Waals surface area contributed by atoms with E-state index in [-0.39, 0.29) is 6.42 Å². The van der Waals surface area contributed by atoms with Crippen LogP contribution in [0.3, 0.4) is 0 Å². The molecule has 0 saturated heterocycles. The minimum atomic E-state index is -0.705. The molecular weight excluding hydrogens is 250 g/mol. The van der Waals surface area contributed by atoms with Crippen molar-refractivity contribution < 1.29 is 9.90 Å². The molecule has 0 aliphatic carbocycles. The highest BCUT2D eigenvalue weighted by atomic mass is 32.1. The summed E-state index contributed by atoms with van der Waals surface area (Å²) in [4.78, 5) is 10.6. The third-order valence-electron chi connectivity index (χ3n) is 2.82. The van der Waals surface area contributed by atoms with E-state index >= 15 is 0 Å². The first-order chi connectivity index (χ1) is 8.61. The predicted octanol–water partition coefficient (Wildman–Crippen LogP) is 2.93. The van der Waals surface area contributed by atoms with Gasteiger partial charge in [0, 0.05) is 13.0 Å². The summed E-state index contributed by atoms with van der Waals surface area (Å²) in [5.41, 5.74) is 0. The Bertz CT molecular complexity index is 368. The molecule has 1 unspecified atom stereocenters. The number of carboxylic acids is 1. The van der Waals surface area contributed by atoms with Gasteiger partial charge in [-0.1, -0.05) is 31.1 Å². The molecule has 0 bridgehead atoms. The second-order valence-electron chi connectivity index (χ2n) is 4.43. The molecular formula is C12H21N3O2S. The zero-order valence-corrected chi connectivity index (χ0v) is 11.8. The predicted molar refractivity (Wildman–Crippen MR) is 73.0 cm³/mol. The van der Waals surface area contributed by atoms with Gasteiger partial charge in [-0.15, -0.1) is 10.2 Å². The molecule has 0 fully saturated rings. The average molecular weight is 271 g/mol. The fraction of sp³-hybridized carbons (Fsp3) is 0.750. The summed E-state index contributed by atoms with van der Waals surface area (Å²) >= 11 is 1.54. The van der Waals surface area contributed by atoms with Crippen LogP contribution >= 0.6 is 11.3 Å². The molecule has 0 aliphatic heterocycles. The first-order valence-corrected chi connectivity index (χ1v) is 7.19. The van der Waals surface area contributed by atoms with Crippen LogP contribution in [0.2, 0.25) is 0 Å². The number of nitrogens with zero attached hydrogens (tertiary/aromatic N) is 2. The van der Waals surface area contributed by atoms with Gasteiger partial charge in [0.25, 0.3) is 0 Å². The lowest BCUT2D eigenvalue weighted by molar-refractivity contribution is -0.137. The van der Waals surface area contributed by atoms with Gasteiger partial charge in [-0.3, -0.25) is 4.79 Å².